The molecule has 5 heteroatoms. The van der Waals surface area contributed by atoms with Crippen LogP contribution in [-0.2, 0) is 4.79 Å². The van der Waals surface area contributed by atoms with Crippen molar-refractivity contribution < 1.29 is 9.59 Å². The predicted molar refractivity (Wildman–Crippen MR) is 91.8 cm³/mol. The van der Waals surface area contributed by atoms with E-state index in [1.54, 1.807) is 6.07 Å². The van der Waals surface area contributed by atoms with Crippen LogP contribution in [0.4, 0.5) is 11.4 Å². The first-order valence-electron chi connectivity index (χ1n) is 8.56. The quantitative estimate of drug-likeness (QED) is 0.898. The highest BCUT2D eigenvalue weighted by Crippen LogP contribution is 2.36. The van der Waals surface area contributed by atoms with Crippen molar-refractivity contribution in [2.45, 2.75) is 45.6 Å². The Bertz CT molecular complexity index is 612. The zero-order valence-corrected chi connectivity index (χ0v) is 13.9. The van der Waals surface area contributed by atoms with E-state index in [4.69, 9.17) is 0 Å². The van der Waals surface area contributed by atoms with E-state index in [2.05, 4.69) is 29.4 Å². The average Bonchev–Trinajstić information content (AvgIpc) is 2.54. The number of anilines is 2. The molecule has 2 aliphatic rings. The van der Waals surface area contributed by atoms with Crippen LogP contribution in [0, 0.1) is 5.92 Å². The van der Waals surface area contributed by atoms with Crippen LogP contribution in [0.25, 0.3) is 0 Å². The first-order chi connectivity index (χ1) is 11.1. The summed E-state index contributed by atoms with van der Waals surface area (Å²) in [5.41, 5.74) is 2.39. The van der Waals surface area contributed by atoms with Crippen molar-refractivity contribution in [3.63, 3.8) is 0 Å². The number of rotatable bonds is 4. The van der Waals surface area contributed by atoms with E-state index in [0.717, 1.165) is 43.6 Å². The molecule has 124 valence electrons. The Hall–Kier alpha value is -2.04. The number of nitrogens with one attached hydrogen (secondary N) is 2. The van der Waals surface area contributed by atoms with Gasteiger partial charge < -0.3 is 15.5 Å². The minimum absolute atomic E-state index is 0.0505. The molecular weight excluding hydrogens is 290 g/mol. The number of fused-ring (bicyclic) bond motifs is 3. The van der Waals surface area contributed by atoms with Gasteiger partial charge in [0.25, 0.3) is 5.91 Å². The minimum atomic E-state index is -0.0801. The lowest BCUT2D eigenvalue weighted by Gasteiger charge is -2.41. The second-order valence-electron chi connectivity index (χ2n) is 6.86. The molecule has 0 radical (unpaired) electrons. The Morgan fingerprint density at radius 1 is 1.39 bits per heavy atom. The molecule has 1 fully saturated rings. The number of carbonyl (C=O) groups excluding carboxylic acids is 2. The lowest BCUT2D eigenvalue weighted by atomic mass is 9.97. The molecule has 2 N–H and O–H groups in total. The highest BCUT2D eigenvalue weighted by Gasteiger charge is 2.34. The number of piperidine rings is 1. The van der Waals surface area contributed by atoms with E-state index in [1.807, 2.05) is 12.1 Å². The summed E-state index contributed by atoms with van der Waals surface area (Å²) in [6.45, 7) is 5.85. The molecule has 0 spiro atoms. The van der Waals surface area contributed by atoms with Crippen LogP contribution in [0.1, 0.15) is 49.9 Å². The normalized spacial score (nSPS) is 19.9. The molecule has 1 saturated heterocycles. The third-order valence-corrected chi connectivity index (χ3v) is 4.64. The van der Waals surface area contributed by atoms with Gasteiger partial charge in [0.05, 0.1) is 11.4 Å². The van der Waals surface area contributed by atoms with Gasteiger partial charge in [-0.1, -0.05) is 13.8 Å². The zero-order valence-electron chi connectivity index (χ0n) is 13.9. The van der Waals surface area contributed by atoms with Gasteiger partial charge in [0.2, 0.25) is 5.91 Å². The first kappa shape index (κ1) is 15.8. The third kappa shape index (κ3) is 3.33. The van der Waals surface area contributed by atoms with Crippen molar-refractivity contribution in [2.24, 2.45) is 5.92 Å². The fraction of sp³-hybridized carbons (Fsp3) is 0.556. The van der Waals surface area contributed by atoms with E-state index in [1.165, 1.54) is 0 Å². The zero-order chi connectivity index (χ0) is 16.4. The number of nitrogens with zero attached hydrogens (tertiary/aromatic N) is 1. The average molecular weight is 315 g/mol. The van der Waals surface area contributed by atoms with Crippen molar-refractivity contribution in [1.29, 1.82) is 0 Å². The van der Waals surface area contributed by atoms with E-state index < -0.39 is 0 Å². The molecule has 0 aromatic heterocycles. The SMILES string of the molecule is CC(C)CCNC(=O)c1ccc2c(c1)NC(=O)C1CCCCN21. The standard InChI is InChI=1S/C18H25N3O2/c1-12(2)8-9-19-17(22)13-6-7-15-14(11-13)20-18(23)16-5-3-4-10-21(15)16/h6-7,11-12,16H,3-5,8-10H2,1-2H3,(H,19,22)(H,20,23). The smallest absolute Gasteiger partial charge is 0.251 e. The molecule has 23 heavy (non-hydrogen) atoms. The lowest BCUT2D eigenvalue weighted by molar-refractivity contribution is -0.118. The molecule has 0 saturated carbocycles. The number of amides is 2. The summed E-state index contributed by atoms with van der Waals surface area (Å²) in [4.78, 5) is 26.7. The summed E-state index contributed by atoms with van der Waals surface area (Å²) in [6.07, 6.45) is 4.08. The molecule has 2 amide bonds. The summed E-state index contributed by atoms with van der Waals surface area (Å²) >= 11 is 0. The van der Waals surface area contributed by atoms with Crippen molar-refractivity contribution in [3.8, 4) is 0 Å². The first-order valence-corrected chi connectivity index (χ1v) is 8.56. The van der Waals surface area contributed by atoms with Gasteiger partial charge in [-0.3, -0.25) is 9.59 Å². The molecule has 1 unspecified atom stereocenters. The molecular formula is C18H25N3O2. The summed E-state index contributed by atoms with van der Waals surface area (Å²) in [5.74, 6) is 0.534. The molecule has 5 nitrogen and oxygen atoms in total. The van der Waals surface area contributed by atoms with Crippen molar-refractivity contribution in [3.05, 3.63) is 23.8 Å². The lowest BCUT2D eigenvalue weighted by Crippen LogP contribution is -2.50. The summed E-state index contributed by atoms with van der Waals surface area (Å²) < 4.78 is 0. The Labute approximate surface area is 137 Å². The van der Waals surface area contributed by atoms with Crippen LogP contribution >= 0.6 is 0 Å². The Morgan fingerprint density at radius 2 is 2.22 bits per heavy atom. The van der Waals surface area contributed by atoms with Gasteiger partial charge in [-0.05, 0) is 49.8 Å². The van der Waals surface area contributed by atoms with E-state index in [9.17, 15) is 9.59 Å². The molecule has 2 heterocycles. The van der Waals surface area contributed by atoms with E-state index in [0.29, 0.717) is 18.0 Å². The van der Waals surface area contributed by atoms with Gasteiger partial charge in [-0.15, -0.1) is 0 Å². The number of carbonyl (C=O) groups is 2. The van der Waals surface area contributed by atoms with Crippen LogP contribution in [0.5, 0.6) is 0 Å². The fourth-order valence-electron chi connectivity index (χ4n) is 3.31. The Balaban J connectivity index is 1.76. The van der Waals surface area contributed by atoms with Crippen LogP contribution in [0.2, 0.25) is 0 Å². The highest BCUT2D eigenvalue weighted by atomic mass is 16.2. The number of benzene rings is 1. The molecule has 1 atom stereocenters. The molecule has 1 aromatic carbocycles. The molecule has 2 aliphatic heterocycles. The minimum Gasteiger partial charge on any atom is -0.358 e. The van der Waals surface area contributed by atoms with E-state index in [-0.39, 0.29) is 17.9 Å². The van der Waals surface area contributed by atoms with Crippen molar-refractivity contribution in [1.82, 2.24) is 5.32 Å². The number of hydrogen-bond donors (Lipinski definition) is 2. The van der Waals surface area contributed by atoms with Crippen LogP contribution in [0.15, 0.2) is 18.2 Å². The molecule has 0 bridgehead atoms. The maximum Gasteiger partial charge on any atom is 0.251 e. The van der Waals surface area contributed by atoms with Crippen LogP contribution < -0.4 is 15.5 Å². The molecule has 0 aliphatic carbocycles. The maximum absolute atomic E-state index is 12.3. The van der Waals surface area contributed by atoms with Gasteiger partial charge in [0, 0.05) is 18.7 Å². The van der Waals surface area contributed by atoms with Gasteiger partial charge in [0.1, 0.15) is 6.04 Å². The maximum atomic E-state index is 12.3. The highest BCUT2D eigenvalue weighted by molar-refractivity contribution is 6.05. The Kier molecular flexibility index (Phi) is 4.55. The predicted octanol–water partition coefficient (Wildman–Crippen LogP) is 2.77. The van der Waals surface area contributed by atoms with Gasteiger partial charge in [-0.2, -0.15) is 0 Å². The largest absolute Gasteiger partial charge is 0.358 e. The van der Waals surface area contributed by atoms with Crippen molar-refractivity contribution >= 4 is 23.2 Å². The Morgan fingerprint density at radius 3 is 3.00 bits per heavy atom. The summed E-state index contributed by atoms with van der Waals surface area (Å²) in [7, 11) is 0. The fourth-order valence-corrected chi connectivity index (χ4v) is 3.31. The van der Waals surface area contributed by atoms with Crippen LogP contribution in [-0.4, -0.2) is 30.9 Å². The summed E-state index contributed by atoms with van der Waals surface area (Å²) in [6, 6.07) is 5.56. The number of hydrogen-bond acceptors (Lipinski definition) is 3. The van der Waals surface area contributed by atoms with Crippen molar-refractivity contribution in [2.75, 3.05) is 23.3 Å². The molecule has 3 rings (SSSR count). The van der Waals surface area contributed by atoms with Crippen LogP contribution in [0.3, 0.4) is 0 Å². The monoisotopic (exact) mass is 315 g/mol. The van der Waals surface area contributed by atoms with Gasteiger partial charge in [0.15, 0.2) is 0 Å². The topological polar surface area (TPSA) is 61.4 Å². The second-order valence-corrected chi connectivity index (χ2v) is 6.86. The second kappa shape index (κ2) is 6.60. The van der Waals surface area contributed by atoms with Gasteiger partial charge >= 0.3 is 0 Å². The third-order valence-electron chi connectivity index (χ3n) is 4.64. The van der Waals surface area contributed by atoms with Gasteiger partial charge in [-0.25, -0.2) is 0 Å². The van der Waals surface area contributed by atoms with E-state index >= 15 is 0 Å². The molecule has 1 aromatic rings. The summed E-state index contributed by atoms with van der Waals surface area (Å²) in [5, 5.41) is 5.91.